The van der Waals surface area contributed by atoms with Crippen LogP contribution in [0.5, 0.6) is 0 Å². The quantitative estimate of drug-likeness (QED) is 0.191. The topological polar surface area (TPSA) is 189 Å². The van der Waals surface area contributed by atoms with Crippen molar-refractivity contribution in [1.29, 1.82) is 0 Å². The fourth-order valence-corrected chi connectivity index (χ4v) is 5.61. The summed E-state index contributed by atoms with van der Waals surface area (Å²) in [6.07, 6.45) is -0.727. The van der Waals surface area contributed by atoms with Gasteiger partial charge in [0.05, 0.1) is 18.2 Å². The van der Waals surface area contributed by atoms with E-state index >= 15 is 0 Å². The van der Waals surface area contributed by atoms with Gasteiger partial charge in [-0.2, -0.15) is 0 Å². The Morgan fingerprint density at radius 2 is 1.92 bits per heavy atom. The molecule has 0 bridgehead atoms. The zero-order valence-electron chi connectivity index (χ0n) is 21.2. The van der Waals surface area contributed by atoms with Crippen LogP contribution in [0.3, 0.4) is 0 Å². The highest BCUT2D eigenvalue weighted by Crippen LogP contribution is 2.30. The first kappa shape index (κ1) is 30.7. The van der Waals surface area contributed by atoms with Gasteiger partial charge < -0.3 is 40.9 Å². The maximum atomic E-state index is 12.8. The van der Waals surface area contributed by atoms with Gasteiger partial charge in [0, 0.05) is 13.0 Å². The molecule has 7 N–H and O–H groups in total. The molecule has 12 nitrogen and oxygen atoms in total. The summed E-state index contributed by atoms with van der Waals surface area (Å²) >= 11 is 1.20. The van der Waals surface area contributed by atoms with Crippen LogP contribution < -0.4 is 10.6 Å². The fourth-order valence-electron chi connectivity index (χ4n) is 4.93. The molecule has 3 saturated heterocycles. The number of aliphatic carboxylic acids is 1. The molecule has 3 aliphatic rings. The van der Waals surface area contributed by atoms with E-state index in [-0.39, 0.29) is 17.9 Å². The molecule has 3 rings (SSSR count). The number of carboxylic acid groups (broad SMARTS) is 1. The number of ether oxygens (including phenoxy) is 1. The Morgan fingerprint density at radius 3 is 2.39 bits per heavy atom. The number of likely N-dealkylation sites (N-methyl/N-ethyl adjacent to an activating group) is 1. The van der Waals surface area contributed by atoms with Crippen molar-refractivity contribution in [2.75, 3.05) is 19.8 Å². The second-order valence-electron chi connectivity index (χ2n) is 9.79. The number of hydrogen-bond donors (Lipinski definition) is 7. The Morgan fingerprint density at radius 1 is 1.25 bits per heavy atom. The molecule has 2 unspecified atom stereocenters. The lowest BCUT2D eigenvalue weighted by Gasteiger charge is -2.44. The van der Waals surface area contributed by atoms with E-state index in [9.17, 15) is 34.8 Å². The number of hydrogen-bond acceptors (Lipinski definition) is 10. The van der Waals surface area contributed by atoms with E-state index in [4.69, 9.17) is 9.84 Å². The van der Waals surface area contributed by atoms with Gasteiger partial charge in [-0.25, -0.2) is 4.79 Å². The summed E-state index contributed by atoms with van der Waals surface area (Å²) in [4.78, 5) is 35.4. The lowest BCUT2D eigenvalue weighted by molar-refractivity contribution is -0.211. The molecule has 0 saturated carbocycles. The van der Waals surface area contributed by atoms with Gasteiger partial charge in [-0.1, -0.05) is 13.3 Å². The Kier molecular flexibility index (Phi) is 11.9. The van der Waals surface area contributed by atoms with Crippen molar-refractivity contribution in [3.05, 3.63) is 0 Å². The predicted octanol–water partition coefficient (Wildman–Crippen LogP) is -1.51. The van der Waals surface area contributed by atoms with Crippen LogP contribution in [0.1, 0.15) is 46.0 Å². The molecule has 3 heterocycles. The number of carbonyl (C=O) groups excluding carboxylic acids is 2. The molecule has 0 aliphatic carbocycles. The standard InChI is InChI=1S/C18H34N2O6S.C5H7NO3/c1-5-6-10-7-11(20(3)8-10)17(25)19-12(9(2)21)16-14(23)13(22)15(24)18(26-16)27-4;7-4-2-1-3(6-4)5(8)9/h9-16,18,21-24H,5-8H2,1-4H3,(H,19,25);3H,1-2H2,(H,6,7)(H,8,9)/t9-,10?,11?,12-,13-,14-,15+,16+,18-;3-/m10/s1. The highest BCUT2D eigenvalue weighted by atomic mass is 32.2. The number of rotatable bonds is 8. The van der Waals surface area contributed by atoms with Gasteiger partial charge in [0.2, 0.25) is 11.8 Å². The Labute approximate surface area is 215 Å². The summed E-state index contributed by atoms with van der Waals surface area (Å²) in [5, 5.41) is 54.2. The van der Waals surface area contributed by atoms with Crippen LogP contribution in [0.15, 0.2) is 0 Å². The van der Waals surface area contributed by atoms with Gasteiger partial charge in [0.15, 0.2) is 0 Å². The van der Waals surface area contributed by atoms with Crippen LogP contribution in [-0.4, -0.2) is 122 Å². The van der Waals surface area contributed by atoms with Crippen LogP contribution in [0.4, 0.5) is 0 Å². The molecular formula is C23H41N3O9S. The van der Waals surface area contributed by atoms with Crippen LogP contribution in [0.2, 0.25) is 0 Å². The van der Waals surface area contributed by atoms with E-state index in [2.05, 4.69) is 17.6 Å². The van der Waals surface area contributed by atoms with E-state index in [1.807, 2.05) is 11.9 Å². The summed E-state index contributed by atoms with van der Waals surface area (Å²) in [7, 11) is 1.91. The molecule has 0 aromatic rings. The molecule has 3 fully saturated rings. The number of thioether (sulfide) groups is 1. The molecule has 36 heavy (non-hydrogen) atoms. The van der Waals surface area contributed by atoms with Gasteiger partial charge in [-0.15, -0.1) is 11.8 Å². The third kappa shape index (κ3) is 7.76. The monoisotopic (exact) mass is 535 g/mol. The van der Waals surface area contributed by atoms with Gasteiger partial charge in [0.25, 0.3) is 0 Å². The number of nitrogens with one attached hydrogen (secondary N) is 2. The Balaban J connectivity index is 0.000000425. The maximum absolute atomic E-state index is 12.8. The van der Waals surface area contributed by atoms with E-state index in [0.29, 0.717) is 18.8 Å². The molecular weight excluding hydrogens is 494 g/mol. The number of carboxylic acids is 1. The summed E-state index contributed by atoms with van der Waals surface area (Å²) in [6, 6.07) is -1.84. The van der Waals surface area contributed by atoms with E-state index in [1.54, 1.807) is 6.26 Å². The fraction of sp³-hybridized carbons (Fsp3) is 0.870. The highest BCUT2D eigenvalue weighted by molar-refractivity contribution is 7.99. The summed E-state index contributed by atoms with van der Waals surface area (Å²) in [5.41, 5.74) is -0.755. The van der Waals surface area contributed by atoms with Crippen molar-refractivity contribution >= 4 is 29.5 Å². The van der Waals surface area contributed by atoms with Crippen molar-refractivity contribution in [3.8, 4) is 0 Å². The molecule has 13 heteroatoms. The number of nitrogens with zero attached hydrogens (tertiary/aromatic N) is 1. The molecule has 0 spiro atoms. The third-order valence-electron chi connectivity index (χ3n) is 6.95. The molecule has 2 amide bonds. The van der Waals surface area contributed by atoms with Crippen LogP contribution in [0, 0.1) is 5.92 Å². The summed E-state index contributed by atoms with van der Waals surface area (Å²) < 4.78 is 5.72. The molecule has 0 radical (unpaired) electrons. The van der Waals surface area contributed by atoms with Gasteiger partial charge in [-0.3, -0.25) is 14.5 Å². The molecule has 208 valence electrons. The van der Waals surface area contributed by atoms with Crippen molar-refractivity contribution in [3.63, 3.8) is 0 Å². The smallest absolute Gasteiger partial charge is 0.326 e. The predicted molar refractivity (Wildman–Crippen MR) is 132 cm³/mol. The average molecular weight is 536 g/mol. The largest absolute Gasteiger partial charge is 0.480 e. The number of amides is 2. The Hall–Kier alpha value is -1.48. The van der Waals surface area contributed by atoms with Gasteiger partial charge >= 0.3 is 5.97 Å². The van der Waals surface area contributed by atoms with Crippen LogP contribution in [0.25, 0.3) is 0 Å². The first-order valence-electron chi connectivity index (χ1n) is 12.3. The van der Waals surface area contributed by atoms with E-state index < -0.39 is 54.0 Å². The van der Waals surface area contributed by atoms with Gasteiger partial charge in [-0.05, 0) is 45.4 Å². The highest BCUT2D eigenvalue weighted by Gasteiger charge is 2.48. The SMILES string of the molecule is CCCC1CC(C(=O)N[C@@H]([C@@H]2O[C@H](SC)[C@@H](O)[C@H](O)[C@H]2O)[C@@H](C)O)N(C)C1.O=C1CC[C@@H](C(=O)O)N1. The lowest BCUT2D eigenvalue weighted by atomic mass is 9.92. The zero-order valence-corrected chi connectivity index (χ0v) is 22.1. The minimum atomic E-state index is -1.42. The number of carbonyl (C=O) groups is 3. The Bertz CT molecular complexity index is 756. The first-order chi connectivity index (χ1) is 16.9. The van der Waals surface area contributed by atoms with Gasteiger partial charge in [0.1, 0.15) is 35.9 Å². The van der Waals surface area contributed by atoms with E-state index in [0.717, 1.165) is 25.8 Å². The minimum absolute atomic E-state index is 0.164. The van der Waals surface area contributed by atoms with Crippen molar-refractivity contribution in [2.24, 2.45) is 5.92 Å². The number of aliphatic hydroxyl groups is 4. The van der Waals surface area contributed by atoms with Crippen molar-refractivity contribution in [1.82, 2.24) is 15.5 Å². The van der Waals surface area contributed by atoms with Crippen molar-refractivity contribution in [2.45, 2.75) is 100 Å². The zero-order chi connectivity index (χ0) is 27.2. The second-order valence-corrected chi connectivity index (χ2v) is 10.7. The third-order valence-corrected chi connectivity index (χ3v) is 7.80. The second kappa shape index (κ2) is 13.9. The molecule has 0 aromatic carbocycles. The van der Waals surface area contributed by atoms with E-state index in [1.165, 1.54) is 18.7 Å². The minimum Gasteiger partial charge on any atom is -0.480 e. The number of likely N-dealkylation sites (tertiary alicyclic amines) is 1. The number of aliphatic hydroxyl groups excluding tert-OH is 4. The van der Waals surface area contributed by atoms with Crippen molar-refractivity contribution < 1.29 is 44.7 Å². The first-order valence-corrected chi connectivity index (χ1v) is 13.6. The maximum Gasteiger partial charge on any atom is 0.326 e. The van der Waals surface area contributed by atoms with Crippen LogP contribution in [-0.2, 0) is 19.1 Å². The van der Waals surface area contributed by atoms with Crippen LogP contribution >= 0.6 is 11.8 Å². The lowest BCUT2D eigenvalue weighted by Crippen LogP contribution is -2.65. The molecule has 0 aromatic heterocycles. The average Bonchev–Trinajstić information content (AvgIpc) is 3.42. The summed E-state index contributed by atoms with van der Waals surface area (Å²) in [6.45, 7) is 4.48. The molecule has 10 atom stereocenters. The normalized spacial score (nSPS) is 36.4. The summed E-state index contributed by atoms with van der Waals surface area (Å²) in [5.74, 6) is -0.863. The molecule has 3 aliphatic heterocycles.